The molecule has 0 atom stereocenters. The summed E-state index contributed by atoms with van der Waals surface area (Å²) < 4.78 is 29.1. The van der Waals surface area contributed by atoms with Crippen LogP contribution in [-0.4, -0.2) is 54.1 Å². The molecule has 0 aliphatic rings. The third kappa shape index (κ3) is 6.34. The van der Waals surface area contributed by atoms with E-state index < -0.39 is 9.15 Å². The Balaban J connectivity index is 0.00000196. The molecule has 1 radical (unpaired) electrons. The number of hydrogen-bond acceptors (Lipinski definition) is 4. The molecule has 0 aliphatic carbocycles. The molecule has 0 fully saturated rings. The van der Waals surface area contributed by atoms with E-state index in [4.69, 9.17) is 4.55 Å². The van der Waals surface area contributed by atoms with E-state index in [2.05, 4.69) is 0 Å². The standard InChI is InChI=1S/C8H8O4S2.Na/c9-8(6-13-14(10,11)12)7-4-2-1-3-5-7;/h1-5H,6H2,(H,10,11,12);. The van der Waals surface area contributed by atoms with Crippen molar-refractivity contribution in [2.75, 3.05) is 5.75 Å². The molecule has 0 unspecified atom stereocenters. The van der Waals surface area contributed by atoms with Crippen LogP contribution in [0.2, 0.25) is 0 Å². The van der Waals surface area contributed by atoms with Gasteiger partial charge in [0.15, 0.2) is 5.78 Å². The molecule has 1 aromatic carbocycles. The first-order chi connectivity index (χ1) is 6.49. The smallest absolute Gasteiger partial charge is 0.293 e. The molecule has 0 saturated carbocycles. The second-order valence-corrected chi connectivity index (χ2v) is 5.83. The molecule has 0 amide bonds. The fourth-order valence-corrected chi connectivity index (χ4v) is 2.03. The van der Waals surface area contributed by atoms with E-state index in [1.807, 2.05) is 0 Å². The molecule has 0 saturated heterocycles. The SMILES string of the molecule is O=C(CSS(=O)(=O)O)c1ccccc1.[Na]. The van der Waals surface area contributed by atoms with E-state index in [1.54, 1.807) is 30.3 Å². The first-order valence-corrected chi connectivity index (χ1v) is 6.63. The number of carbonyl (C=O) groups is 1. The summed E-state index contributed by atoms with van der Waals surface area (Å²) >= 11 is 0. The van der Waals surface area contributed by atoms with Crippen LogP contribution >= 0.6 is 10.8 Å². The van der Waals surface area contributed by atoms with Crippen LogP contribution in [0, 0.1) is 0 Å². The Morgan fingerprint density at radius 2 is 1.80 bits per heavy atom. The van der Waals surface area contributed by atoms with Gasteiger partial charge in [0.25, 0.3) is 0 Å². The van der Waals surface area contributed by atoms with Gasteiger partial charge in [-0.15, -0.1) is 0 Å². The minimum atomic E-state index is -4.13. The third-order valence-corrected chi connectivity index (χ3v) is 3.36. The number of benzene rings is 1. The van der Waals surface area contributed by atoms with E-state index >= 15 is 0 Å². The first kappa shape index (κ1) is 15.2. The summed E-state index contributed by atoms with van der Waals surface area (Å²) in [5, 5.41) is 0. The number of hydrogen-bond donors (Lipinski definition) is 1. The van der Waals surface area contributed by atoms with Crippen LogP contribution in [0.4, 0.5) is 0 Å². The Morgan fingerprint density at radius 1 is 1.27 bits per heavy atom. The van der Waals surface area contributed by atoms with Gasteiger partial charge in [-0.2, -0.15) is 8.42 Å². The van der Waals surface area contributed by atoms with Gasteiger partial charge >= 0.3 is 9.15 Å². The van der Waals surface area contributed by atoms with Crippen molar-refractivity contribution in [3.05, 3.63) is 35.9 Å². The van der Waals surface area contributed by atoms with Crippen LogP contribution in [-0.2, 0) is 9.15 Å². The van der Waals surface area contributed by atoms with Crippen molar-refractivity contribution in [2.24, 2.45) is 0 Å². The van der Waals surface area contributed by atoms with Gasteiger partial charge in [0, 0.05) is 45.9 Å². The van der Waals surface area contributed by atoms with E-state index in [1.165, 1.54) is 0 Å². The second-order valence-electron chi connectivity index (χ2n) is 2.48. The Morgan fingerprint density at radius 3 is 2.27 bits per heavy atom. The molecule has 0 heterocycles. The van der Waals surface area contributed by atoms with Gasteiger partial charge in [0.05, 0.1) is 5.75 Å². The zero-order chi connectivity index (χ0) is 10.6. The van der Waals surface area contributed by atoms with Crippen LogP contribution in [0.3, 0.4) is 0 Å². The Kier molecular flexibility index (Phi) is 6.74. The van der Waals surface area contributed by atoms with Gasteiger partial charge < -0.3 is 0 Å². The van der Waals surface area contributed by atoms with Crippen LogP contribution in [0.15, 0.2) is 30.3 Å². The van der Waals surface area contributed by atoms with Crippen molar-refractivity contribution >= 4 is 55.3 Å². The van der Waals surface area contributed by atoms with Crippen molar-refractivity contribution in [1.29, 1.82) is 0 Å². The maximum absolute atomic E-state index is 11.3. The zero-order valence-corrected chi connectivity index (χ0v) is 11.7. The molecule has 15 heavy (non-hydrogen) atoms. The number of ketones is 1. The van der Waals surface area contributed by atoms with Gasteiger partial charge in [-0.05, 0) is 0 Å². The summed E-state index contributed by atoms with van der Waals surface area (Å²) in [4.78, 5) is 11.3. The average molecular weight is 255 g/mol. The topological polar surface area (TPSA) is 71.4 Å². The molecular formula is C8H8NaO4S2. The van der Waals surface area contributed by atoms with Crippen molar-refractivity contribution in [2.45, 2.75) is 0 Å². The van der Waals surface area contributed by atoms with Crippen molar-refractivity contribution in [3.63, 3.8) is 0 Å². The molecule has 1 aromatic rings. The summed E-state index contributed by atoms with van der Waals surface area (Å²) in [6.45, 7) is 0. The monoisotopic (exact) mass is 255 g/mol. The van der Waals surface area contributed by atoms with Crippen LogP contribution in [0.1, 0.15) is 10.4 Å². The van der Waals surface area contributed by atoms with Crippen molar-refractivity contribution in [3.8, 4) is 0 Å². The molecule has 0 spiro atoms. The zero-order valence-electron chi connectivity index (χ0n) is 8.08. The fraction of sp³-hybridized carbons (Fsp3) is 0.125. The minimum Gasteiger partial charge on any atom is -0.293 e. The quantitative estimate of drug-likeness (QED) is 0.376. The molecule has 0 aromatic heterocycles. The molecule has 0 bridgehead atoms. The summed E-state index contributed by atoms with van der Waals surface area (Å²) in [7, 11) is -3.92. The summed E-state index contributed by atoms with van der Waals surface area (Å²) in [5.74, 6) is -0.601. The Bertz CT molecular complexity index is 416. The molecule has 1 rings (SSSR count). The Hall–Kier alpha value is 0.150. The average Bonchev–Trinajstić information content (AvgIpc) is 2.14. The predicted molar refractivity (Wildman–Crippen MR) is 60.5 cm³/mol. The van der Waals surface area contributed by atoms with E-state index in [9.17, 15) is 13.2 Å². The van der Waals surface area contributed by atoms with Gasteiger partial charge in [0.2, 0.25) is 0 Å². The molecule has 77 valence electrons. The largest absolute Gasteiger partial charge is 0.320 e. The van der Waals surface area contributed by atoms with E-state index in [0.29, 0.717) is 5.56 Å². The van der Waals surface area contributed by atoms with Gasteiger partial charge in [0.1, 0.15) is 0 Å². The summed E-state index contributed by atoms with van der Waals surface area (Å²) in [6, 6.07) is 8.31. The van der Waals surface area contributed by atoms with Crippen molar-refractivity contribution < 1.29 is 17.8 Å². The van der Waals surface area contributed by atoms with E-state index in [0.717, 1.165) is 0 Å². The van der Waals surface area contributed by atoms with E-state index in [-0.39, 0.29) is 51.9 Å². The maximum atomic E-state index is 11.3. The number of carbonyl (C=O) groups excluding carboxylic acids is 1. The molecular weight excluding hydrogens is 247 g/mol. The van der Waals surface area contributed by atoms with Crippen LogP contribution in [0.5, 0.6) is 0 Å². The molecule has 4 nitrogen and oxygen atoms in total. The Labute approximate surface area is 114 Å². The summed E-state index contributed by atoms with van der Waals surface area (Å²) in [5.41, 5.74) is 0.434. The number of rotatable bonds is 4. The predicted octanol–water partition coefficient (Wildman–Crippen LogP) is 1.02. The molecule has 1 N–H and O–H groups in total. The number of Topliss-reactive ketones (excluding diaryl/α,β-unsaturated/α-hetero) is 1. The summed E-state index contributed by atoms with van der Waals surface area (Å²) in [6.07, 6.45) is 0. The first-order valence-electron chi connectivity index (χ1n) is 3.69. The fourth-order valence-electron chi connectivity index (χ4n) is 0.835. The van der Waals surface area contributed by atoms with Gasteiger partial charge in [-0.1, -0.05) is 30.3 Å². The van der Waals surface area contributed by atoms with Crippen LogP contribution < -0.4 is 0 Å². The van der Waals surface area contributed by atoms with Gasteiger partial charge in [-0.25, -0.2) is 0 Å². The van der Waals surface area contributed by atoms with Crippen LogP contribution in [0.25, 0.3) is 0 Å². The maximum Gasteiger partial charge on any atom is 0.320 e. The van der Waals surface area contributed by atoms with Crippen molar-refractivity contribution in [1.82, 2.24) is 0 Å². The van der Waals surface area contributed by atoms with Gasteiger partial charge in [-0.3, -0.25) is 9.35 Å². The second kappa shape index (κ2) is 6.67. The normalized spacial score (nSPS) is 10.5. The minimum absolute atomic E-state index is 0. The molecule has 0 aliphatic heterocycles. The third-order valence-electron chi connectivity index (χ3n) is 1.43. The molecule has 7 heteroatoms.